The molecule has 4 nitrogen and oxygen atoms in total. The van der Waals surface area contributed by atoms with Crippen molar-refractivity contribution in [2.45, 2.75) is 19.4 Å². The Hall–Kier alpha value is -2.20. The van der Waals surface area contributed by atoms with Crippen LogP contribution in [-0.2, 0) is 19.1 Å². The number of ketones is 1. The van der Waals surface area contributed by atoms with Gasteiger partial charge in [0.15, 0.2) is 5.78 Å². The Balaban J connectivity index is 1.94. The number of hydrogen-bond donors (Lipinski definition) is 0. The van der Waals surface area contributed by atoms with Gasteiger partial charge in [0.05, 0.1) is 19.8 Å². The first-order valence-electron chi connectivity index (χ1n) is 7.32. The minimum absolute atomic E-state index is 0.0818. The maximum absolute atomic E-state index is 12.2. The number of carbonyl (C=O) groups excluding carboxylic acids is 2. The molecule has 2 aromatic rings. The third-order valence-corrected chi connectivity index (χ3v) is 4.22. The number of ether oxygens (including phenoxy) is 2. The molecule has 0 bridgehead atoms. The lowest BCUT2D eigenvalue weighted by Crippen LogP contribution is -2.36. The van der Waals surface area contributed by atoms with Crippen LogP contribution in [0.5, 0.6) is 0 Å². The summed E-state index contributed by atoms with van der Waals surface area (Å²) >= 11 is 0. The summed E-state index contributed by atoms with van der Waals surface area (Å²) < 4.78 is 10.5. The van der Waals surface area contributed by atoms with E-state index in [0.717, 1.165) is 21.9 Å². The van der Waals surface area contributed by atoms with Gasteiger partial charge in [0.1, 0.15) is 5.92 Å². The zero-order valence-corrected chi connectivity index (χ0v) is 12.7. The van der Waals surface area contributed by atoms with Gasteiger partial charge >= 0.3 is 5.97 Å². The van der Waals surface area contributed by atoms with Crippen molar-refractivity contribution in [3.05, 3.63) is 47.5 Å². The van der Waals surface area contributed by atoms with E-state index in [4.69, 9.17) is 4.74 Å². The molecule has 4 heteroatoms. The minimum Gasteiger partial charge on any atom is -0.468 e. The van der Waals surface area contributed by atoms with E-state index in [9.17, 15) is 9.59 Å². The Bertz CT molecular complexity index is 730. The average molecular weight is 298 g/mol. The fourth-order valence-electron chi connectivity index (χ4n) is 3.06. The third-order valence-electron chi connectivity index (χ3n) is 4.22. The van der Waals surface area contributed by atoms with Crippen molar-refractivity contribution < 1.29 is 19.1 Å². The molecule has 1 aliphatic rings. The van der Waals surface area contributed by atoms with Gasteiger partial charge in [-0.1, -0.05) is 36.4 Å². The number of aryl methyl sites for hydroxylation is 1. The van der Waals surface area contributed by atoms with Crippen LogP contribution in [0.2, 0.25) is 0 Å². The first-order valence-corrected chi connectivity index (χ1v) is 7.32. The van der Waals surface area contributed by atoms with E-state index < -0.39 is 11.9 Å². The summed E-state index contributed by atoms with van der Waals surface area (Å²) in [6.45, 7) is 2.13. The van der Waals surface area contributed by atoms with Crippen molar-refractivity contribution in [3.8, 4) is 0 Å². The summed E-state index contributed by atoms with van der Waals surface area (Å²) in [7, 11) is 1.29. The SMILES string of the molecule is COC(=O)C1COC(c2cccc3cccc(C)c23)CC1=O. The van der Waals surface area contributed by atoms with Crippen LogP contribution in [0.1, 0.15) is 23.7 Å². The smallest absolute Gasteiger partial charge is 0.318 e. The molecule has 0 N–H and O–H groups in total. The molecule has 2 atom stereocenters. The first kappa shape index (κ1) is 14.7. The van der Waals surface area contributed by atoms with Gasteiger partial charge < -0.3 is 9.47 Å². The number of carbonyl (C=O) groups is 2. The van der Waals surface area contributed by atoms with Gasteiger partial charge in [-0.25, -0.2) is 0 Å². The van der Waals surface area contributed by atoms with E-state index in [0.29, 0.717) is 0 Å². The summed E-state index contributed by atoms with van der Waals surface area (Å²) in [5.74, 6) is -1.43. The number of methoxy groups -OCH3 is 1. The fourth-order valence-corrected chi connectivity index (χ4v) is 3.06. The normalized spacial score (nSPS) is 21.8. The first-order chi connectivity index (χ1) is 10.6. The van der Waals surface area contributed by atoms with Crippen LogP contribution in [0.25, 0.3) is 10.8 Å². The molecule has 114 valence electrons. The van der Waals surface area contributed by atoms with Crippen LogP contribution in [-0.4, -0.2) is 25.5 Å². The number of esters is 1. The van der Waals surface area contributed by atoms with Crippen LogP contribution < -0.4 is 0 Å². The molecule has 0 aliphatic carbocycles. The van der Waals surface area contributed by atoms with Crippen molar-refractivity contribution in [2.24, 2.45) is 5.92 Å². The van der Waals surface area contributed by atoms with E-state index in [1.54, 1.807) is 0 Å². The van der Waals surface area contributed by atoms with Crippen molar-refractivity contribution in [1.29, 1.82) is 0 Å². The van der Waals surface area contributed by atoms with Crippen LogP contribution in [0.4, 0.5) is 0 Å². The fraction of sp³-hybridized carbons (Fsp3) is 0.333. The molecule has 2 unspecified atom stereocenters. The molecule has 3 rings (SSSR count). The maximum atomic E-state index is 12.2. The van der Waals surface area contributed by atoms with Gasteiger partial charge in [-0.15, -0.1) is 0 Å². The highest BCUT2D eigenvalue weighted by Crippen LogP contribution is 2.34. The zero-order valence-electron chi connectivity index (χ0n) is 12.7. The van der Waals surface area contributed by atoms with E-state index in [2.05, 4.69) is 4.74 Å². The van der Waals surface area contributed by atoms with E-state index >= 15 is 0 Å². The quantitative estimate of drug-likeness (QED) is 0.632. The standard InChI is InChI=1S/C18H18O4/c1-11-5-3-6-12-7-4-8-13(17(11)12)16-9-15(19)14(10-22-16)18(20)21-2/h3-8,14,16H,9-10H2,1-2H3. The monoisotopic (exact) mass is 298 g/mol. The Labute approximate surface area is 129 Å². The summed E-state index contributed by atoms with van der Waals surface area (Å²) in [6, 6.07) is 12.1. The molecule has 0 amide bonds. The highest BCUT2D eigenvalue weighted by atomic mass is 16.5. The van der Waals surface area contributed by atoms with E-state index in [1.165, 1.54) is 7.11 Å². The van der Waals surface area contributed by atoms with Crippen LogP contribution in [0, 0.1) is 12.8 Å². The minimum atomic E-state index is -0.794. The van der Waals surface area contributed by atoms with Gasteiger partial charge in [-0.3, -0.25) is 9.59 Å². The van der Waals surface area contributed by atoms with Gasteiger partial charge in [0.2, 0.25) is 0 Å². The Morgan fingerprint density at radius 2 is 1.95 bits per heavy atom. The molecule has 0 spiro atoms. The lowest BCUT2D eigenvalue weighted by molar-refractivity contribution is -0.158. The molecule has 22 heavy (non-hydrogen) atoms. The second-order valence-corrected chi connectivity index (χ2v) is 5.59. The van der Waals surface area contributed by atoms with Crippen LogP contribution >= 0.6 is 0 Å². The number of hydrogen-bond acceptors (Lipinski definition) is 4. The highest BCUT2D eigenvalue weighted by Gasteiger charge is 2.36. The molecular weight excluding hydrogens is 280 g/mol. The van der Waals surface area contributed by atoms with Gasteiger partial charge in [0.25, 0.3) is 0 Å². The number of benzene rings is 2. The summed E-state index contributed by atoms with van der Waals surface area (Å²) in [5, 5.41) is 2.25. The lowest BCUT2D eigenvalue weighted by Gasteiger charge is -2.28. The third kappa shape index (κ3) is 2.50. The van der Waals surface area contributed by atoms with Gasteiger partial charge in [-0.05, 0) is 28.8 Å². The highest BCUT2D eigenvalue weighted by molar-refractivity contribution is 6.00. The Morgan fingerprint density at radius 1 is 1.23 bits per heavy atom. The van der Waals surface area contributed by atoms with E-state index in [-0.39, 0.29) is 24.9 Å². The van der Waals surface area contributed by atoms with Crippen molar-refractivity contribution in [2.75, 3.05) is 13.7 Å². The predicted octanol–water partition coefficient (Wildman–Crippen LogP) is 2.97. The average Bonchev–Trinajstić information content (AvgIpc) is 2.54. The molecular formula is C18H18O4. The van der Waals surface area contributed by atoms with Gasteiger partial charge in [-0.2, -0.15) is 0 Å². The summed E-state index contributed by atoms with van der Waals surface area (Å²) in [5.41, 5.74) is 2.16. The lowest BCUT2D eigenvalue weighted by atomic mass is 9.90. The Morgan fingerprint density at radius 3 is 2.64 bits per heavy atom. The number of fused-ring (bicyclic) bond motifs is 1. The molecule has 1 saturated heterocycles. The van der Waals surface area contributed by atoms with Crippen molar-refractivity contribution in [1.82, 2.24) is 0 Å². The maximum Gasteiger partial charge on any atom is 0.318 e. The molecule has 0 aromatic heterocycles. The van der Waals surface area contributed by atoms with Crippen molar-refractivity contribution in [3.63, 3.8) is 0 Å². The molecule has 1 aliphatic heterocycles. The summed E-state index contributed by atoms with van der Waals surface area (Å²) in [4.78, 5) is 23.8. The largest absolute Gasteiger partial charge is 0.468 e. The summed E-state index contributed by atoms with van der Waals surface area (Å²) in [6.07, 6.45) is -0.106. The molecule has 0 saturated carbocycles. The second kappa shape index (κ2) is 5.89. The van der Waals surface area contributed by atoms with Crippen LogP contribution in [0.3, 0.4) is 0 Å². The van der Waals surface area contributed by atoms with Gasteiger partial charge in [0, 0.05) is 6.42 Å². The topological polar surface area (TPSA) is 52.6 Å². The zero-order chi connectivity index (χ0) is 15.7. The predicted molar refractivity (Wildman–Crippen MR) is 82.5 cm³/mol. The molecule has 2 aromatic carbocycles. The van der Waals surface area contributed by atoms with Crippen LogP contribution in [0.15, 0.2) is 36.4 Å². The molecule has 1 fully saturated rings. The molecule has 1 heterocycles. The van der Waals surface area contributed by atoms with E-state index in [1.807, 2.05) is 43.3 Å². The Kier molecular flexibility index (Phi) is 3.94. The molecule has 0 radical (unpaired) electrons. The number of Topliss-reactive ketones (excluding diaryl/α,β-unsaturated/α-hetero) is 1. The second-order valence-electron chi connectivity index (χ2n) is 5.59. The number of rotatable bonds is 2. The van der Waals surface area contributed by atoms with Crippen molar-refractivity contribution >= 4 is 22.5 Å².